The summed E-state index contributed by atoms with van der Waals surface area (Å²) >= 11 is 0. The van der Waals surface area contributed by atoms with Crippen molar-refractivity contribution >= 4 is 11.9 Å². The molecule has 0 bridgehead atoms. The molecule has 15 heavy (non-hydrogen) atoms. The Morgan fingerprint density at radius 2 is 2.07 bits per heavy atom. The number of carboxylic acids is 1. The first-order valence-corrected chi connectivity index (χ1v) is 5.01. The fourth-order valence-corrected chi connectivity index (χ4v) is 1.91. The molecule has 0 spiro atoms. The molecule has 1 aliphatic heterocycles. The minimum Gasteiger partial charge on any atom is -0.478 e. The summed E-state index contributed by atoms with van der Waals surface area (Å²) in [6.45, 7) is 0.227. The predicted molar refractivity (Wildman–Crippen MR) is 52.2 cm³/mol. The second-order valence-corrected chi connectivity index (χ2v) is 3.76. The van der Waals surface area contributed by atoms with Crippen molar-refractivity contribution < 1.29 is 19.4 Å². The normalized spacial score (nSPS) is 21.3. The summed E-state index contributed by atoms with van der Waals surface area (Å²) < 4.78 is 4.89. The van der Waals surface area contributed by atoms with Crippen molar-refractivity contribution in [3.8, 4) is 0 Å². The summed E-state index contributed by atoms with van der Waals surface area (Å²) in [6.07, 6.45) is 4.53. The highest BCUT2D eigenvalue weighted by atomic mass is 16.5. The zero-order chi connectivity index (χ0) is 10.8. The number of cyclic esters (lactones) is 1. The first-order valence-electron chi connectivity index (χ1n) is 5.01. The summed E-state index contributed by atoms with van der Waals surface area (Å²) in [6, 6.07) is 0. The third-order valence-corrected chi connectivity index (χ3v) is 2.74. The average molecular weight is 208 g/mol. The lowest BCUT2D eigenvalue weighted by Gasteiger charge is -2.07. The maximum Gasteiger partial charge on any atom is 0.334 e. The van der Waals surface area contributed by atoms with Gasteiger partial charge in [0.15, 0.2) is 0 Å². The standard InChI is InChI=1S/C11H12O4/c12-10(13)7-3-1-2-4-9-8(5-7)6-15-11(9)14/h5H,1-4,6H2,(H,12,13). The van der Waals surface area contributed by atoms with E-state index in [1.165, 1.54) is 0 Å². The molecule has 0 amide bonds. The third-order valence-electron chi connectivity index (χ3n) is 2.74. The Bertz CT molecular complexity index is 376. The number of ether oxygens (including phenoxy) is 1. The van der Waals surface area contributed by atoms with Gasteiger partial charge in [0.2, 0.25) is 0 Å². The second kappa shape index (κ2) is 3.88. The maximum atomic E-state index is 11.3. The van der Waals surface area contributed by atoms with Crippen LogP contribution in [0.4, 0.5) is 0 Å². The highest BCUT2D eigenvalue weighted by Crippen LogP contribution is 2.27. The highest BCUT2D eigenvalue weighted by Gasteiger charge is 2.25. The lowest BCUT2D eigenvalue weighted by atomic mass is 9.95. The number of carboxylic acid groups (broad SMARTS) is 1. The molecule has 0 unspecified atom stereocenters. The predicted octanol–water partition coefficient (Wildman–Crippen LogP) is 1.42. The quantitative estimate of drug-likeness (QED) is 0.662. The van der Waals surface area contributed by atoms with E-state index in [-0.39, 0.29) is 12.6 Å². The molecule has 2 rings (SSSR count). The number of hydrogen-bond donors (Lipinski definition) is 1. The fraction of sp³-hybridized carbons (Fsp3) is 0.455. The molecule has 0 radical (unpaired) electrons. The molecule has 1 N–H and O–H groups in total. The monoisotopic (exact) mass is 208 g/mol. The van der Waals surface area contributed by atoms with Gasteiger partial charge in [0.05, 0.1) is 0 Å². The summed E-state index contributed by atoms with van der Waals surface area (Å²) in [7, 11) is 0. The summed E-state index contributed by atoms with van der Waals surface area (Å²) in [5, 5.41) is 8.92. The lowest BCUT2D eigenvalue weighted by molar-refractivity contribution is -0.136. The molecular formula is C11H12O4. The van der Waals surface area contributed by atoms with Crippen LogP contribution in [-0.2, 0) is 14.3 Å². The van der Waals surface area contributed by atoms with Crippen molar-refractivity contribution in [1.82, 2.24) is 0 Å². The van der Waals surface area contributed by atoms with E-state index in [1.807, 2.05) is 0 Å². The van der Waals surface area contributed by atoms with E-state index in [1.54, 1.807) is 6.08 Å². The van der Waals surface area contributed by atoms with Crippen LogP contribution >= 0.6 is 0 Å². The number of esters is 1. The van der Waals surface area contributed by atoms with E-state index in [9.17, 15) is 9.59 Å². The van der Waals surface area contributed by atoms with E-state index in [0.29, 0.717) is 24.0 Å². The SMILES string of the molecule is O=C(O)C1=CC2=C(CCCC1)C(=O)OC2. The van der Waals surface area contributed by atoms with Crippen LogP contribution < -0.4 is 0 Å². The van der Waals surface area contributed by atoms with E-state index < -0.39 is 5.97 Å². The smallest absolute Gasteiger partial charge is 0.334 e. The van der Waals surface area contributed by atoms with Gasteiger partial charge < -0.3 is 9.84 Å². The van der Waals surface area contributed by atoms with Gasteiger partial charge in [-0.25, -0.2) is 9.59 Å². The van der Waals surface area contributed by atoms with E-state index in [0.717, 1.165) is 18.4 Å². The highest BCUT2D eigenvalue weighted by molar-refractivity contribution is 5.94. The number of aliphatic carboxylic acids is 1. The molecule has 0 saturated heterocycles. The molecule has 4 heteroatoms. The van der Waals surface area contributed by atoms with Crippen LogP contribution in [0.5, 0.6) is 0 Å². The van der Waals surface area contributed by atoms with E-state index in [2.05, 4.69) is 0 Å². The van der Waals surface area contributed by atoms with Crippen molar-refractivity contribution in [1.29, 1.82) is 0 Å². The first-order chi connectivity index (χ1) is 7.18. The van der Waals surface area contributed by atoms with Crippen LogP contribution in [0.1, 0.15) is 25.7 Å². The summed E-state index contributed by atoms with van der Waals surface area (Å²) in [4.78, 5) is 22.2. The number of carbonyl (C=O) groups is 2. The first kappa shape index (κ1) is 9.96. The van der Waals surface area contributed by atoms with Gasteiger partial charge in [0.25, 0.3) is 0 Å². The van der Waals surface area contributed by atoms with Crippen LogP contribution in [0, 0.1) is 0 Å². The largest absolute Gasteiger partial charge is 0.478 e. The van der Waals surface area contributed by atoms with Crippen LogP contribution in [0.25, 0.3) is 0 Å². The third kappa shape index (κ3) is 1.93. The van der Waals surface area contributed by atoms with Crippen LogP contribution in [0.3, 0.4) is 0 Å². The molecule has 4 nitrogen and oxygen atoms in total. The van der Waals surface area contributed by atoms with E-state index >= 15 is 0 Å². The van der Waals surface area contributed by atoms with Gasteiger partial charge in [-0.2, -0.15) is 0 Å². The van der Waals surface area contributed by atoms with Crippen molar-refractivity contribution in [2.75, 3.05) is 6.61 Å². The minimum atomic E-state index is -0.900. The molecule has 1 heterocycles. The van der Waals surface area contributed by atoms with Crippen molar-refractivity contribution in [2.45, 2.75) is 25.7 Å². The Balaban J connectivity index is 2.36. The number of carbonyl (C=O) groups excluding carboxylic acids is 1. The fourth-order valence-electron chi connectivity index (χ4n) is 1.91. The molecule has 2 aliphatic rings. The van der Waals surface area contributed by atoms with Crippen molar-refractivity contribution in [2.24, 2.45) is 0 Å². The van der Waals surface area contributed by atoms with Gasteiger partial charge >= 0.3 is 11.9 Å². The molecule has 0 saturated carbocycles. The Labute approximate surface area is 87.2 Å². The average Bonchev–Trinajstić information content (AvgIpc) is 2.45. The molecule has 0 atom stereocenters. The molecule has 80 valence electrons. The molecule has 0 aromatic heterocycles. The molecular weight excluding hydrogens is 196 g/mol. The van der Waals surface area contributed by atoms with Gasteiger partial charge in [-0.15, -0.1) is 0 Å². The van der Waals surface area contributed by atoms with E-state index in [4.69, 9.17) is 9.84 Å². The second-order valence-electron chi connectivity index (χ2n) is 3.76. The molecule has 1 aliphatic carbocycles. The summed E-state index contributed by atoms with van der Waals surface area (Å²) in [5.74, 6) is -1.18. The zero-order valence-electron chi connectivity index (χ0n) is 8.28. The molecule has 0 aromatic rings. The zero-order valence-corrected chi connectivity index (χ0v) is 8.28. The summed E-state index contributed by atoms with van der Waals surface area (Å²) in [5.41, 5.74) is 1.78. The molecule has 0 aromatic carbocycles. The van der Waals surface area contributed by atoms with Crippen molar-refractivity contribution in [3.63, 3.8) is 0 Å². The topological polar surface area (TPSA) is 63.6 Å². The van der Waals surface area contributed by atoms with Crippen LogP contribution in [0.2, 0.25) is 0 Å². The van der Waals surface area contributed by atoms with Crippen LogP contribution in [-0.4, -0.2) is 23.7 Å². The Morgan fingerprint density at radius 3 is 2.80 bits per heavy atom. The van der Waals surface area contributed by atoms with Gasteiger partial charge in [-0.1, -0.05) is 0 Å². The minimum absolute atomic E-state index is 0.227. The van der Waals surface area contributed by atoms with Crippen LogP contribution in [0.15, 0.2) is 22.8 Å². The lowest BCUT2D eigenvalue weighted by Crippen LogP contribution is -2.05. The van der Waals surface area contributed by atoms with Gasteiger partial charge in [-0.3, -0.25) is 0 Å². The number of rotatable bonds is 1. The maximum absolute atomic E-state index is 11.3. The van der Waals surface area contributed by atoms with Gasteiger partial charge in [0, 0.05) is 16.7 Å². The number of hydrogen-bond acceptors (Lipinski definition) is 3. The Hall–Kier alpha value is -1.58. The van der Waals surface area contributed by atoms with Gasteiger partial charge in [0.1, 0.15) is 6.61 Å². The van der Waals surface area contributed by atoms with Crippen molar-refractivity contribution in [3.05, 3.63) is 22.8 Å². The Kier molecular flexibility index (Phi) is 2.58. The van der Waals surface area contributed by atoms with Gasteiger partial charge in [-0.05, 0) is 31.8 Å². The molecule has 0 fully saturated rings. The Morgan fingerprint density at radius 1 is 1.33 bits per heavy atom.